The molecule has 2 aromatic rings. The summed E-state index contributed by atoms with van der Waals surface area (Å²) >= 11 is 0. The molecule has 0 fully saturated rings. The molecule has 0 bridgehead atoms. The van der Waals surface area contributed by atoms with Crippen LogP contribution in [-0.2, 0) is 0 Å². The first kappa shape index (κ1) is 12.6. The van der Waals surface area contributed by atoms with E-state index in [-0.39, 0.29) is 11.1 Å². The van der Waals surface area contributed by atoms with Crippen LogP contribution < -0.4 is 11.1 Å². The largest absolute Gasteiger partial charge is 0.478 e. The van der Waals surface area contributed by atoms with Gasteiger partial charge >= 0.3 is 5.97 Å². The second kappa shape index (κ2) is 5.22. The number of carbonyl (C=O) groups excluding carboxylic acids is 1. The van der Waals surface area contributed by atoms with Crippen molar-refractivity contribution in [2.75, 3.05) is 11.1 Å². The van der Waals surface area contributed by atoms with Crippen LogP contribution in [0.4, 0.5) is 11.4 Å². The molecule has 0 aliphatic carbocycles. The number of amides is 1. The van der Waals surface area contributed by atoms with Gasteiger partial charge in [-0.2, -0.15) is 0 Å². The zero-order chi connectivity index (χ0) is 13.8. The summed E-state index contributed by atoms with van der Waals surface area (Å²) in [6.07, 6.45) is 0. The second-order valence-corrected chi connectivity index (χ2v) is 3.89. The molecule has 0 unspecified atom stereocenters. The van der Waals surface area contributed by atoms with E-state index in [1.54, 1.807) is 36.4 Å². The molecule has 0 saturated heterocycles. The molecule has 2 aromatic carbocycles. The summed E-state index contributed by atoms with van der Waals surface area (Å²) < 4.78 is 0. The van der Waals surface area contributed by atoms with Crippen LogP contribution in [0, 0.1) is 0 Å². The Labute approximate surface area is 109 Å². The molecule has 0 aliphatic rings. The number of hydrogen-bond acceptors (Lipinski definition) is 3. The Balaban J connectivity index is 2.31. The molecule has 5 heteroatoms. The van der Waals surface area contributed by atoms with Crippen LogP contribution in [0.25, 0.3) is 0 Å². The first-order chi connectivity index (χ1) is 9.09. The van der Waals surface area contributed by atoms with Crippen molar-refractivity contribution in [1.82, 2.24) is 0 Å². The van der Waals surface area contributed by atoms with E-state index in [2.05, 4.69) is 5.32 Å². The lowest BCUT2D eigenvalue weighted by Crippen LogP contribution is -2.17. The van der Waals surface area contributed by atoms with Gasteiger partial charge in [0.25, 0.3) is 5.91 Å². The van der Waals surface area contributed by atoms with Crippen LogP contribution in [0.15, 0.2) is 48.5 Å². The fraction of sp³-hybridized carbons (Fsp3) is 0. The number of nitrogens with one attached hydrogen (secondary N) is 1. The molecule has 0 heterocycles. The topological polar surface area (TPSA) is 92.4 Å². The number of anilines is 2. The maximum atomic E-state index is 12.1. The minimum atomic E-state index is -1.15. The van der Waals surface area contributed by atoms with E-state index in [0.29, 0.717) is 11.4 Å². The summed E-state index contributed by atoms with van der Waals surface area (Å²) in [5.41, 5.74) is 6.63. The highest BCUT2D eigenvalue weighted by molar-refractivity contribution is 6.11. The Kier molecular flexibility index (Phi) is 3.47. The average Bonchev–Trinajstić information content (AvgIpc) is 2.41. The quantitative estimate of drug-likeness (QED) is 0.734. The van der Waals surface area contributed by atoms with Crippen LogP contribution >= 0.6 is 0 Å². The Hall–Kier alpha value is -2.82. The van der Waals surface area contributed by atoms with Gasteiger partial charge in [-0.15, -0.1) is 0 Å². The number of aromatic carboxylic acids is 1. The molecule has 0 aliphatic heterocycles. The van der Waals surface area contributed by atoms with Gasteiger partial charge in [0, 0.05) is 0 Å². The van der Waals surface area contributed by atoms with Gasteiger partial charge in [0.2, 0.25) is 0 Å². The van der Waals surface area contributed by atoms with Gasteiger partial charge in [0.05, 0.1) is 22.5 Å². The van der Waals surface area contributed by atoms with E-state index < -0.39 is 11.9 Å². The first-order valence-electron chi connectivity index (χ1n) is 5.58. The van der Waals surface area contributed by atoms with Gasteiger partial charge in [0.15, 0.2) is 0 Å². The van der Waals surface area contributed by atoms with Crippen molar-refractivity contribution >= 4 is 23.3 Å². The third-order valence-corrected chi connectivity index (χ3v) is 2.61. The fourth-order valence-electron chi connectivity index (χ4n) is 1.67. The predicted octanol–water partition coefficient (Wildman–Crippen LogP) is 2.22. The van der Waals surface area contributed by atoms with Crippen molar-refractivity contribution in [3.05, 3.63) is 59.7 Å². The Morgan fingerprint density at radius 1 is 0.947 bits per heavy atom. The van der Waals surface area contributed by atoms with Crippen molar-refractivity contribution < 1.29 is 14.7 Å². The Morgan fingerprint density at radius 3 is 2.16 bits per heavy atom. The number of nitrogens with two attached hydrogens (primary N) is 1. The molecule has 0 aromatic heterocycles. The van der Waals surface area contributed by atoms with Gasteiger partial charge in [-0.3, -0.25) is 4.79 Å². The van der Waals surface area contributed by atoms with Crippen molar-refractivity contribution in [2.24, 2.45) is 0 Å². The number of hydrogen-bond donors (Lipinski definition) is 3. The van der Waals surface area contributed by atoms with Crippen LogP contribution in [0.1, 0.15) is 20.7 Å². The summed E-state index contributed by atoms with van der Waals surface area (Å²) in [5.74, 6) is -1.65. The molecule has 1 amide bonds. The summed E-state index contributed by atoms with van der Waals surface area (Å²) in [6.45, 7) is 0. The standard InChI is InChI=1S/C14H12N2O3/c15-11-7-3-4-8-12(11)16-13(17)9-5-1-2-6-10(9)14(18)19/h1-8H,15H2,(H,16,17)(H,18,19). The Bertz CT molecular complexity index is 638. The normalized spacial score (nSPS) is 9.89. The molecular formula is C14H12N2O3. The number of carbonyl (C=O) groups is 2. The highest BCUT2D eigenvalue weighted by Gasteiger charge is 2.16. The van der Waals surface area contributed by atoms with Crippen molar-refractivity contribution in [3.8, 4) is 0 Å². The van der Waals surface area contributed by atoms with Crippen LogP contribution in [0.3, 0.4) is 0 Å². The maximum absolute atomic E-state index is 12.1. The maximum Gasteiger partial charge on any atom is 0.336 e. The van der Waals surface area contributed by atoms with Gasteiger partial charge < -0.3 is 16.2 Å². The minimum Gasteiger partial charge on any atom is -0.478 e. The van der Waals surface area contributed by atoms with E-state index >= 15 is 0 Å². The highest BCUT2D eigenvalue weighted by atomic mass is 16.4. The molecule has 5 nitrogen and oxygen atoms in total. The summed E-state index contributed by atoms with van der Waals surface area (Å²) in [7, 11) is 0. The third-order valence-electron chi connectivity index (χ3n) is 2.61. The number of carboxylic acid groups (broad SMARTS) is 1. The molecule has 0 saturated carbocycles. The van der Waals surface area contributed by atoms with E-state index in [0.717, 1.165) is 0 Å². The smallest absolute Gasteiger partial charge is 0.336 e. The third kappa shape index (κ3) is 2.71. The van der Waals surface area contributed by atoms with E-state index in [9.17, 15) is 9.59 Å². The van der Waals surface area contributed by atoms with E-state index in [1.807, 2.05) is 0 Å². The molecule has 2 rings (SSSR count). The zero-order valence-electron chi connectivity index (χ0n) is 9.96. The van der Waals surface area contributed by atoms with Gasteiger partial charge in [-0.1, -0.05) is 24.3 Å². The van der Waals surface area contributed by atoms with E-state index in [4.69, 9.17) is 10.8 Å². The van der Waals surface area contributed by atoms with Crippen molar-refractivity contribution in [3.63, 3.8) is 0 Å². The second-order valence-electron chi connectivity index (χ2n) is 3.89. The average molecular weight is 256 g/mol. The molecule has 96 valence electrons. The lowest BCUT2D eigenvalue weighted by molar-refractivity contribution is 0.0692. The van der Waals surface area contributed by atoms with Gasteiger partial charge in [-0.25, -0.2) is 4.79 Å². The zero-order valence-corrected chi connectivity index (χ0v) is 9.96. The minimum absolute atomic E-state index is 0.0468. The predicted molar refractivity (Wildman–Crippen MR) is 72.2 cm³/mol. The number of para-hydroxylation sites is 2. The summed E-state index contributed by atoms with van der Waals surface area (Å²) in [5, 5.41) is 11.6. The van der Waals surface area contributed by atoms with Crippen LogP contribution in [0.5, 0.6) is 0 Å². The molecular weight excluding hydrogens is 244 g/mol. The van der Waals surface area contributed by atoms with Gasteiger partial charge in [-0.05, 0) is 24.3 Å². The highest BCUT2D eigenvalue weighted by Crippen LogP contribution is 2.19. The van der Waals surface area contributed by atoms with E-state index in [1.165, 1.54) is 12.1 Å². The lowest BCUT2D eigenvalue weighted by atomic mass is 10.1. The SMILES string of the molecule is Nc1ccccc1NC(=O)c1ccccc1C(=O)O. The molecule has 4 N–H and O–H groups in total. The van der Waals surface area contributed by atoms with Crippen LogP contribution in [0.2, 0.25) is 0 Å². The van der Waals surface area contributed by atoms with Gasteiger partial charge in [0.1, 0.15) is 0 Å². The monoisotopic (exact) mass is 256 g/mol. The van der Waals surface area contributed by atoms with Crippen molar-refractivity contribution in [2.45, 2.75) is 0 Å². The van der Waals surface area contributed by atoms with Crippen molar-refractivity contribution in [1.29, 1.82) is 0 Å². The number of rotatable bonds is 3. The number of benzene rings is 2. The first-order valence-corrected chi connectivity index (χ1v) is 5.58. The molecule has 19 heavy (non-hydrogen) atoms. The lowest BCUT2D eigenvalue weighted by Gasteiger charge is -2.09. The number of nitrogen functional groups attached to an aromatic ring is 1. The van der Waals surface area contributed by atoms with Crippen LogP contribution in [-0.4, -0.2) is 17.0 Å². The summed E-state index contributed by atoms with van der Waals surface area (Å²) in [4.78, 5) is 23.1. The fourth-order valence-corrected chi connectivity index (χ4v) is 1.67. The Morgan fingerprint density at radius 2 is 1.53 bits per heavy atom. The molecule has 0 spiro atoms. The number of carboxylic acids is 1. The molecule has 0 atom stereocenters. The molecule has 0 radical (unpaired) electrons. The summed E-state index contributed by atoms with van der Waals surface area (Å²) in [6, 6.07) is 12.8.